The van der Waals surface area contributed by atoms with Gasteiger partial charge in [0.25, 0.3) is 5.91 Å². The number of ether oxygens (including phenoxy) is 2. The van der Waals surface area contributed by atoms with E-state index in [0.717, 1.165) is 10.0 Å². The van der Waals surface area contributed by atoms with Crippen LogP contribution in [0.3, 0.4) is 0 Å². The molecule has 7 nitrogen and oxygen atoms in total. The zero-order chi connectivity index (χ0) is 16.5. The van der Waals surface area contributed by atoms with E-state index in [-0.39, 0.29) is 19.1 Å². The van der Waals surface area contributed by atoms with Crippen LogP contribution in [0.4, 0.5) is 5.69 Å². The molecular weight excluding hydrogens is 356 g/mol. The quantitative estimate of drug-likeness (QED) is 0.696. The van der Waals surface area contributed by atoms with Crippen molar-refractivity contribution >= 4 is 39.4 Å². The van der Waals surface area contributed by atoms with Crippen molar-refractivity contribution in [2.75, 3.05) is 32.2 Å². The summed E-state index contributed by atoms with van der Waals surface area (Å²) in [5.41, 5.74) is 1.55. The van der Waals surface area contributed by atoms with Gasteiger partial charge in [0.15, 0.2) is 6.61 Å². The van der Waals surface area contributed by atoms with Crippen molar-refractivity contribution < 1.29 is 23.9 Å². The van der Waals surface area contributed by atoms with Crippen LogP contribution in [-0.2, 0) is 23.9 Å². The van der Waals surface area contributed by atoms with Crippen LogP contribution in [0, 0.1) is 6.92 Å². The van der Waals surface area contributed by atoms with Crippen molar-refractivity contribution in [3.8, 4) is 0 Å². The highest BCUT2D eigenvalue weighted by Crippen LogP contribution is 2.19. The number of aryl methyl sites for hydroxylation is 1. The summed E-state index contributed by atoms with van der Waals surface area (Å²) in [6.45, 7) is 0.966. The Kier molecular flexibility index (Phi) is 7.55. The highest BCUT2D eigenvalue weighted by atomic mass is 79.9. The summed E-state index contributed by atoms with van der Waals surface area (Å²) in [6.07, 6.45) is 0. The molecule has 1 aromatic carbocycles. The number of hydrogen-bond acceptors (Lipinski definition) is 5. The van der Waals surface area contributed by atoms with Gasteiger partial charge in [-0.15, -0.1) is 0 Å². The highest BCUT2D eigenvalue weighted by Gasteiger charge is 2.10. The summed E-state index contributed by atoms with van der Waals surface area (Å²) >= 11 is 3.33. The maximum absolute atomic E-state index is 11.7. The number of nitrogens with one attached hydrogen (secondary N) is 2. The first-order valence-electron chi connectivity index (χ1n) is 6.39. The molecule has 0 saturated heterocycles. The summed E-state index contributed by atoms with van der Waals surface area (Å²) in [6, 6.07) is 5.42. The van der Waals surface area contributed by atoms with Crippen molar-refractivity contribution in [2.24, 2.45) is 0 Å². The Labute approximate surface area is 136 Å². The maximum Gasteiger partial charge on any atom is 0.332 e. The Morgan fingerprint density at radius 2 is 1.91 bits per heavy atom. The van der Waals surface area contributed by atoms with E-state index in [1.54, 1.807) is 12.1 Å². The van der Waals surface area contributed by atoms with Crippen molar-refractivity contribution in [1.82, 2.24) is 5.32 Å². The molecular formula is C14H17BrN2O5. The molecule has 8 heteroatoms. The van der Waals surface area contributed by atoms with Crippen LogP contribution in [0.2, 0.25) is 0 Å². The lowest BCUT2D eigenvalue weighted by molar-refractivity contribution is -0.152. The van der Waals surface area contributed by atoms with Gasteiger partial charge in [0, 0.05) is 17.3 Å². The predicted molar refractivity (Wildman–Crippen MR) is 83.4 cm³/mol. The number of anilines is 1. The predicted octanol–water partition coefficient (Wildman–Crippen LogP) is 1.00. The average molecular weight is 373 g/mol. The number of carbonyl (C=O) groups is 3. The van der Waals surface area contributed by atoms with Gasteiger partial charge in [-0.25, -0.2) is 4.79 Å². The second-order valence-corrected chi connectivity index (χ2v) is 5.29. The van der Waals surface area contributed by atoms with Crippen molar-refractivity contribution in [2.45, 2.75) is 6.92 Å². The van der Waals surface area contributed by atoms with Crippen LogP contribution in [0.5, 0.6) is 0 Å². The van der Waals surface area contributed by atoms with Gasteiger partial charge in [0.1, 0.15) is 6.61 Å². The molecule has 2 amide bonds. The first-order chi connectivity index (χ1) is 10.4. The van der Waals surface area contributed by atoms with Gasteiger partial charge in [-0.2, -0.15) is 0 Å². The monoisotopic (exact) mass is 372 g/mol. The smallest absolute Gasteiger partial charge is 0.332 e. The topological polar surface area (TPSA) is 93.7 Å². The Balaban J connectivity index is 2.33. The molecule has 0 saturated carbocycles. The largest absolute Gasteiger partial charge is 0.454 e. The van der Waals surface area contributed by atoms with Gasteiger partial charge < -0.3 is 20.1 Å². The lowest BCUT2D eigenvalue weighted by Crippen LogP contribution is -2.36. The van der Waals surface area contributed by atoms with Gasteiger partial charge in [0.2, 0.25) is 5.91 Å². The van der Waals surface area contributed by atoms with Gasteiger partial charge in [0.05, 0.1) is 6.54 Å². The molecule has 0 aliphatic heterocycles. The number of halogens is 1. The molecule has 1 rings (SSSR count). The molecule has 0 aliphatic rings. The first-order valence-corrected chi connectivity index (χ1v) is 7.19. The minimum absolute atomic E-state index is 0.212. The van der Waals surface area contributed by atoms with Crippen LogP contribution in [-0.4, -0.2) is 44.7 Å². The number of rotatable bonds is 7. The van der Waals surface area contributed by atoms with Crippen molar-refractivity contribution in [3.05, 3.63) is 28.2 Å². The summed E-state index contributed by atoms with van der Waals surface area (Å²) in [4.78, 5) is 34.1. The Hall–Kier alpha value is -1.93. The molecule has 0 fully saturated rings. The molecule has 0 heterocycles. The molecule has 22 heavy (non-hydrogen) atoms. The second-order valence-electron chi connectivity index (χ2n) is 4.38. The Bertz CT molecular complexity index is 562. The molecule has 0 bridgehead atoms. The van der Waals surface area contributed by atoms with Crippen molar-refractivity contribution in [1.29, 1.82) is 0 Å². The van der Waals surface area contributed by atoms with Crippen LogP contribution in [0.1, 0.15) is 5.56 Å². The van der Waals surface area contributed by atoms with E-state index in [1.165, 1.54) is 7.11 Å². The summed E-state index contributed by atoms with van der Waals surface area (Å²) < 4.78 is 10.1. The molecule has 0 spiro atoms. The van der Waals surface area contributed by atoms with E-state index in [4.69, 9.17) is 0 Å². The molecule has 0 atom stereocenters. The molecule has 0 aromatic heterocycles. The number of hydrogen-bond donors (Lipinski definition) is 2. The van der Waals surface area contributed by atoms with Crippen LogP contribution < -0.4 is 10.6 Å². The maximum atomic E-state index is 11.7. The molecule has 0 unspecified atom stereocenters. The van der Waals surface area contributed by atoms with Gasteiger partial charge in [-0.05, 0) is 30.7 Å². The van der Waals surface area contributed by atoms with E-state index in [1.807, 2.05) is 13.0 Å². The van der Waals surface area contributed by atoms with Crippen LogP contribution in [0.15, 0.2) is 22.7 Å². The van der Waals surface area contributed by atoms with Crippen LogP contribution in [0.25, 0.3) is 0 Å². The number of carbonyl (C=O) groups excluding carboxylic acids is 3. The first kappa shape index (κ1) is 18.1. The SMILES string of the molecule is COCC(=O)OCC(=O)NCC(=O)Nc1ccc(Br)cc1C. The second kappa shape index (κ2) is 9.16. The zero-order valence-corrected chi connectivity index (χ0v) is 13.9. The van der Waals surface area contributed by atoms with E-state index >= 15 is 0 Å². The Morgan fingerprint density at radius 1 is 1.18 bits per heavy atom. The molecule has 0 radical (unpaired) electrons. The summed E-state index contributed by atoms with van der Waals surface area (Å²) in [7, 11) is 1.34. The summed E-state index contributed by atoms with van der Waals surface area (Å²) in [5, 5.41) is 5.03. The number of amides is 2. The van der Waals surface area contributed by atoms with Gasteiger partial charge >= 0.3 is 5.97 Å². The fraction of sp³-hybridized carbons (Fsp3) is 0.357. The van der Waals surface area contributed by atoms with Gasteiger partial charge in [-0.3, -0.25) is 9.59 Å². The van der Waals surface area contributed by atoms with E-state index in [0.29, 0.717) is 5.69 Å². The minimum atomic E-state index is -0.646. The third kappa shape index (κ3) is 6.68. The Morgan fingerprint density at radius 3 is 2.55 bits per heavy atom. The minimum Gasteiger partial charge on any atom is -0.454 e. The zero-order valence-electron chi connectivity index (χ0n) is 12.3. The van der Waals surface area contributed by atoms with E-state index < -0.39 is 18.5 Å². The average Bonchev–Trinajstić information content (AvgIpc) is 2.46. The van der Waals surface area contributed by atoms with Crippen LogP contribution >= 0.6 is 15.9 Å². The highest BCUT2D eigenvalue weighted by molar-refractivity contribution is 9.10. The standard InChI is InChI=1S/C14H17BrN2O5/c1-9-5-10(15)3-4-11(9)17-12(18)6-16-13(19)7-22-14(20)8-21-2/h3-5H,6-8H2,1-2H3,(H,16,19)(H,17,18). The lowest BCUT2D eigenvalue weighted by Gasteiger charge is -2.10. The number of benzene rings is 1. The lowest BCUT2D eigenvalue weighted by atomic mass is 10.2. The number of methoxy groups -OCH3 is 1. The number of esters is 1. The van der Waals surface area contributed by atoms with Gasteiger partial charge in [-0.1, -0.05) is 15.9 Å². The molecule has 1 aromatic rings. The van der Waals surface area contributed by atoms with E-state index in [2.05, 4.69) is 36.0 Å². The molecule has 0 aliphatic carbocycles. The van der Waals surface area contributed by atoms with E-state index in [9.17, 15) is 14.4 Å². The van der Waals surface area contributed by atoms with Crippen molar-refractivity contribution in [3.63, 3.8) is 0 Å². The molecule has 120 valence electrons. The third-order valence-electron chi connectivity index (χ3n) is 2.54. The summed E-state index contributed by atoms with van der Waals surface area (Å²) in [5.74, 6) is -1.58. The fourth-order valence-corrected chi connectivity index (χ4v) is 1.97. The third-order valence-corrected chi connectivity index (χ3v) is 3.03. The molecule has 2 N–H and O–H groups in total. The fourth-order valence-electron chi connectivity index (χ4n) is 1.50. The normalized spacial score (nSPS) is 9.95.